The van der Waals surface area contributed by atoms with Crippen molar-refractivity contribution in [3.05, 3.63) is 41.5 Å². The Hall–Kier alpha value is -2.90. The van der Waals surface area contributed by atoms with Gasteiger partial charge in [0.25, 0.3) is 5.88 Å². The Balaban J connectivity index is 1.48. The van der Waals surface area contributed by atoms with Crippen molar-refractivity contribution in [3.8, 4) is 5.88 Å². The van der Waals surface area contributed by atoms with Crippen molar-refractivity contribution in [1.29, 1.82) is 0 Å². The lowest BCUT2D eigenvalue weighted by atomic mass is 9.98. The molecule has 0 radical (unpaired) electrons. The zero-order chi connectivity index (χ0) is 20.4. The van der Waals surface area contributed by atoms with Crippen molar-refractivity contribution in [2.45, 2.75) is 65.0 Å². The molecule has 0 unspecified atom stereocenters. The summed E-state index contributed by atoms with van der Waals surface area (Å²) in [5, 5.41) is 8.49. The van der Waals surface area contributed by atoms with Crippen LogP contribution in [-0.4, -0.2) is 43.2 Å². The van der Waals surface area contributed by atoms with Crippen LogP contribution in [0.5, 0.6) is 5.88 Å². The van der Waals surface area contributed by atoms with Crippen LogP contribution in [-0.2, 0) is 11.2 Å². The van der Waals surface area contributed by atoms with E-state index >= 15 is 0 Å². The molecule has 3 aromatic rings. The molecule has 0 spiro atoms. The Kier molecular flexibility index (Phi) is 5.51. The van der Waals surface area contributed by atoms with Crippen LogP contribution >= 0.6 is 0 Å². The summed E-state index contributed by atoms with van der Waals surface area (Å²) in [6.07, 6.45) is 5.75. The Morgan fingerprint density at radius 1 is 1.34 bits per heavy atom. The zero-order valence-electron chi connectivity index (χ0n) is 17.2. The van der Waals surface area contributed by atoms with E-state index in [1.165, 1.54) is 0 Å². The number of hydrogen-bond donors (Lipinski definition) is 0. The van der Waals surface area contributed by atoms with E-state index in [9.17, 15) is 4.79 Å². The lowest BCUT2D eigenvalue weighted by molar-refractivity contribution is -0.135. The Bertz CT molecular complexity index is 993. The van der Waals surface area contributed by atoms with Gasteiger partial charge >= 0.3 is 0 Å². The standard InChI is InChI=1S/C21H27N5O3/c1-14(2)28-20-13-16(29-24-20)7-8-21(27)25-11-5-4-6-17(25)18-9-10-22-19-12-15(3)23-26(18)19/h9-10,12-14,17H,4-8,11H2,1-3H3/t17-/m0/s1. The van der Waals surface area contributed by atoms with Crippen LogP contribution in [0.15, 0.2) is 28.9 Å². The second kappa shape index (κ2) is 8.23. The SMILES string of the molecule is Cc1cc2nccc([C@@H]3CCCCN3C(=O)CCc3cc(OC(C)C)no3)n2n1. The quantitative estimate of drug-likeness (QED) is 0.633. The second-order valence-corrected chi connectivity index (χ2v) is 7.82. The Morgan fingerprint density at radius 3 is 3.03 bits per heavy atom. The molecule has 29 heavy (non-hydrogen) atoms. The van der Waals surface area contributed by atoms with Crippen LogP contribution in [0.25, 0.3) is 5.65 Å². The number of nitrogens with zero attached hydrogens (tertiary/aromatic N) is 5. The predicted molar refractivity (Wildman–Crippen MR) is 107 cm³/mol. The molecule has 1 aliphatic rings. The van der Waals surface area contributed by atoms with Gasteiger partial charge in [-0.05, 0) is 51.3 Å². The predicted octanol–water partition coefficient (Wildman–Crippen LogP) is 3.50. The van der Waals surface area contributed by atoms with Crippen LogP contribution in [0.4, 0.5) is 0 Å². The molecule has 1 atom stereocenters. The molecule has 4 rings (SSSR count). The summed E-state index contributed by atoms with van der Waals surface area (Å²) in [6.45, 7) is 6.58. The van der Waals surface area contributed by atoms with Gasteiger partial charge in [0.05, 0.1) is 23.5 Å². The third kappa shape index (κ3) is 4.26. The maximum atomic E-state index is 13.1. The average Bonchev–Trinajstić information content (AvgIpc) is 3.30. The fourth-order valence-electron chi connectivity index (χ4n) is 3.90. The van der Waals surface area contributed by atoms with Gasteiger partial charge in [-0.1, -0.05) is 0 Å². The van der Waals surface area contributed by atoms with Gasteiger partial charge in [0.2, 0.25) is 5.91 Å². The largest absolute Gasteiger partial charge is 0.473 e. The maximum absolute atomic E-state index is 13.1. The van der Waals surface area contributed by atoms with E-state index in [1.54, 1.807) is 12.3 Å². The molecule has 8 heteroatoms. The van der Waals surface area contributed by atoms with Gasteiger partial charge in [0, 0.05) is 37.7 Å². The van der Waals surface area contributed by atoms with Gasteiger partial charge in [-0.15, -0.1) is 0 Å². The summed E-state index contributed by atoms with van der Waals surface area (Å²) in [7, 11) is 0. The van der Waals surface area contributed by atoms with Crippen LogP contribution in [0.1, 0.15) is 62.7 Å². The van der Waals surface area contributed by atoms with Gasteiger partial charge < -0.3 is 14.2 Å². The fraction of sp³-hybridized carbons (Fsp3) is 0.524. The number of amides is 1. The van der Waals surface area contributed by atoms with Crippen molar-refractivity contribution >= 4 is 11.6 Å². The van der Waals surface area contributed by atoms with Gasteiger partial charge in [-0.2, -0.15) is 5.10 Å². The summed E-state index contributed by atoms with van der Waals surface area (Å²) >= 11 is 0. The molecule has 154 valence electrons. The zero-order valence-corrected chi connectivity index (χ0v) is 17.2. The van der Waals surface area contributed by atoms with Crippen molar-refractivity contribution in [1.82, 2.24) is 24.7 Å². The minimum absolute atomic E-state index is 0.00983. The van der Waals surface area contributed by atoms with E-state index in [0.717, 1.165) is 42.8 Å². The summed E-state index contributed by atoms with van der Waals surface area (Å²) < 4.78 is 12.7. The van der Waals surface area contributed by atoms with E-state index in [2.05, 4.69) is 15.2 Å². The highest BCUT2D eigenvalue weighted by atomic mass is 16.5. The van der Waals surface area contributed by atoms with E-state index in [1.807, 2.05) is 42.3 Å². The maximum Gasteiger partial charge on any atom is 0.254 e. The van der Waals surface area contributed by atoms with Crippen molar-refractivity contribution in [2.24, 2.45) is 0 Å². The lowest BCUT2D eigenvalue weighted by Crippen LogP contribution is -2.39. The van der Waals surface area contributed by atoms with Crippen molar-refractivity contribution in [2.75, 3.05) is 6.54 Å². The third-order valence-corrected chi connectivity index (χ3v) is 5.15. The third-order valence-electron chi connectivity index (χ3n) is 5.15. The second-order valence-electron chi connectivity index (χ2n) is 7.82. The molecule has 1 aliphatic heterocycles. The smallest absolute Gasteiger partial charge is 0.254 e. The first kappa shape index (κ1) is 19.4. The van der Waals surface area contributed by atoms with Gasteiger partial charge in [0.1, 0.15) is 5.76 Å². The lowest BCUT2D eigenvalue weighted by Gasteiger charge is -2.36. The first-order valence-electron chi connectivity index (χ1n) is 10.2. The minimum atomic E-state index is 0.00983. The fourth-order valence-corrected chi connectivity index (χ4v) is 3.90. The molecule has 0 N–H and O–H groups in total. The summed E-state index contributed by atoms with van der Waals surface area (Å²) in [5.41, 5.74) is 2.75. The van der Waals surface area contributed by atoms with E-state index < -0.39 is 0 Å². The summed E-state index contributed by atoms with van der Waals surface area (Å²) in [5.74, 6) is 1.24. The number of carbonyl (C=O) groups excluding carboxylic acids is 1. The number of likely N-dealkylation sites (tertiary alicyclic amines) is 1. The van der Waals surface area contributed by atoms with E-state index in [-0.39, 0.29) is 18.1 Å². The first-order valence-corrected chi connectivity index (χ1v) is 10.2. The van der Waals surface area contributed by atoms with Gasteiger partial charge in [-0.25, -0.2) is 9.50 Å². The number of carbonyl (C=O) groups is 1. The number of hydrogen-bond acceptors (Lipinski definition) is 6. The molecule has 8 nitrogen and oxygen atoms in total. The Morgan fingerprint density at radius 2 is 2.21 bits per heavy atom. The van der Waals surface area contributed by atoms with Crippen LogP contribution in [0.2, 0.25) is 0 Å². The number of rotatable bonds is 6. The van der Waals surface area contributed by atoms with E-state index in [4.69, 9.17) is 9.26 Å². The highest BCUT2D eigenvalue weighted by Crippen LogP contribution is 2.31. The monoisotopic (exact) mass is 397 g/mol. The molecule has 3 aromatic heterocycles. The molecular weight excluding hydrogens is 370 g/mol. The summed E-state index contributed by atoms with van der Waals surface area (Å²) in [4.78, 5) is 19.4. The molecule has 0 aliphatic carbocycles. The Labute approximate surface area is 169 Å². The minimum Gasteiger partial charge on any atom is -0.473 e. The number of aryl methyl sites for hydroxylation is 2. The highest BCUT2D eigenvalue weighted by Gasteiger charge is 2.30. The molecule has 1 amide bonds. The molecule has 0 saturated carbocycles. The molecule has 0 bridgehead atoms. The molecular formula is C21H27N5O3. The van der Waals surface area contributed by atoms with Crippen molar-refractivity contribution in [3.63, 3.8) is 0 Å². The summed E-state index contributed by atoms with van der Waals surface area (Å²) in [6, 6.07) is 5.71. The molecule has 0 aromatic carbocycles. The number of ether oxygens (including phenoxy) is 1. The molecule has 1 fully saturated rings. The van der Waals surface area contributed by atoms with E-state index in [0.29, 0.717) is 24.5 Å². The van der Waals surface area contributed by atoms with Crippen LogP contribution < -0.4 is 4.74 Å². The normalized spacial score (nSPS) is 17.2. The molecule has 1 saturated heterocycles. The van der Waals surface area contributed by atoms with Gasteiger partial charge in [0.15, 0.2) is 5.65 Å². The van der Waals surface area contributed by atoms with Crippen LogP contribution in [0, 0.1) is 6.92 Å². The van der Waals surface area contributed by atoms with Crippen LogP contribution in [0.3, 0.4) is 0 Å². The number of piperidine rings is 1. The highest BCUT2D eigenvalue weighted by molar-refractivity contribution is 5.77. The molecule has 4 heterocycles. The van der Waals surface area contributed by atoms with Gasteiger partial charge in [-0.3, -0.25) is 4.79 Å². The number of fused-ring (bicyclic) bond motifs is 1. The average molecular weight is 397 g/mol. The topological polar surface area (TPSA) is 85.8 Å². The number of aromatic nitrogens is 4. The van der Waals surface area contributed by atoms with Crippen molar-refractivity contribution < 1.29 is 14.1 Å². The first-order chi connectivity index (χ1) is 14.0.